The first kappa shape index (κ1) is 10.5. The molecular weight excluding hydrogens is 180 g/mol. The monoisotopic (exact) mass is 194 g/mol. The number of rotatable bonds is 3. The molecule has 3 N–H and O–H groups in total. The molecule has 0 saturated heterocycles. The predicted molar refractivity (Wildman–Crippen MR) is 53.7 cm³/mol. The van der Waals surface area contributed by atoms with Gasteiger partial charge in [0.1, 0.15) is 0 Å². The first-order valence-corrected chi connectivity index (χ1v) is 4.42. The average molecular weight is 194 g/mol. The van der Waals surface area contributed by atoms with Crippen LogP contribution in [0.1, 0.15) is 12.5 Å². The Morgan fingerprint density at radius 1 is 1.50 bits per heavy atom. The maximum atomic E-state index is 10.5. The molecule has 0 spiro atoms. The van der Waals surface area contributed by atoms with Crippen molar-refractivity contribution in [3.8, 4) is 0 Å². The van der Waals surface area contributed by atoms with E-state index in [2.05, 4.69) is 0 Å². The predicted octanol–water partition coefficient (Wildman–Crippen LogP) is 1.47. The van der Waals surface area contributed by atoms with Gasteiger partial charge in [-0.25, -0.2) is 15.6 Å². The van der Waals surface area contributed by atoms with E-state index in [0.29, 0.717) is 6.42 Å². The molecule has 1 atom stereocenters. The molecule has 0 heterocycles. The summed E-state index contributed by atoms with van der Waals surface area (Å²) in [7, 11) is 0. The maximum Gasteiger partial charge on any atom is 0.421 e. The van der Waals surface area contributed by atoms with Crippen LogP contribution in [0.4, 0.5) is 4.79 Å². The van der Waals surface area contributed by atoms with E-state index < -0.39 is 6.09 Å². The molecule has 1 unspecified atom stereocenters. The van der Waals surface area contributed by atoms with Crippen LogP contribution in [0.5, 0.6) is 0 Å². The molecule has 0 radical (unpaired) electrons. The second kappa shape index (κ2) is 4.62. The number of carbonyl (C=O) groups is 1. The van der Waals surface area contributed by atoms with E-state index in [1.54, 1.807) is 6.92 Å². The number of carboxylic acid groups (broad SMARTS) is 1. The van der Waals surface area contributed by atoms with E-state index in [-0.39, 0.29) is 6.04 Å². The molecule has 1 aromatic rings. The molecule has 0 aromatic heterocycles. The third-order valence-electron chi connectivity index (χ3n) is 2.07. The van der Waals surface area contributed by atoms with Crippen LogP contribution < -0.4 is 5.84 Å². The topological polar surface area (TPSA) is 66.6 Å². The molecule has 0 aliphatic rings. The van der Waals surface area contributed by atoms with Gasteiger partial charge < -0.3 is 5.11 Å². The molecule has 0 saturated carbocycles. The molecule has 0 bridgehead atoms. The molecule has 0 aliphatic carbocycles. The zero-order valence-electron chi connectivity index (χ0n) is 8.05. The minimum absolute atomic E-state index is 0.213. The van der Waals surface area contributed by atoms with Crippen molar-refractivity contribution in [1.29, 1.82) is 0 Å². The lowest BCUT2D eigenvalue weighted by molar-refractivity contribution is 0.128. The van der Waals surface area contributed by atoms with Crippen molar-refractivity contribution in [2.45, 2.75) is 19.4 Å². The largest absolute Gasteiger partial charge is 0.464 e. The smallest absolute Gasteiger partial charge is 0.421 e. The van der Waals surface area contributed by atoms with Crippen LogP contribution >= 0.6 is 0 Å². The summed E-state index contributed by atoms with van der Waals surface area (Å²) in [4.78, 5) is 10.5. The molecular formula is C10H14N2O2. The van der Waals surface area contributed by atoms with E-state index in [1.165, 1.54) is 0 Å². The molecule has 0 aliphatic heterocycles. The van der Waals surface area contributed by atoms with Crippen LogP contribution in [-0.4, -0.2) is 22.3 Å². The Labute approximate surface area is 82.9 Å². The SMILES string of the molecule is CC(Cc1ccccc1)N(N)C(=O)O. The van der Waals surface area contributed by atoms with Gasteiger partial charge in [0.15, 0.2) is 0 Å². The van der Waals surface area contributed by atoms with Gasteiger partial charge in [0, 0.05) is 0 Å². The van der Waals surface area contributed by atoms with E-state index in [4.69, 9.17) is 10.9 Å². The standard InChI is InChI=1S/C10H14N2O2/c1-8(12(11)10(13)14)7-9-5-3-2-4-6-9/h2-6,8H,7,11H2,1H3,(H,13,14). The Morgan fingerprint density at radius 2 is 2.07 bits per heavy atom. The lowest BCUT2D eigenvalue weighted by atomic mass is 10.1. The van der Waals surface area contributed by atoms with Gasteiger partial charge in [0.05, 0.1) is 6.04 Å². The third kappa shape index (κ3) is 2.74. The number of nitrogens with two attached hydrogens (primary N) is 1. The molecule has 1 aromatic carbocycles. The van der Waals surface area contributed by atoms with E-state index in [9.17, 15) is 4.79 Å². The third-order valence-corrected chi connectivity index (χ3v) is 2.07. The summed E-state index contributed by atoms with van der Waals surface area (Å²) >= 11 is 0. The van der Waals surface area contributed by atoms with Gasteiger partial charge in [-0.1, -0.05) is 30.3 Å². The number of hydrogen-bond acceptors (Lipinski definition) is 2. The zero-order chi connectivity index (χ0) is 10.6. The molecule has 76 valence electrons. The molecule has 14 heavy (non-hydrogen) atoms. The summed E-state index contributed by atoms with van der Waals surface area (Å²) in [5.74, 6) is 5.34. The molecule has 4 nitrogen and oxygen atoms in total. The quantitative estimate of drug-likeness (QED) is 0.435. The highest BCUT2D eigenvalue weighted by atomic mass is 16.4. The summed E-state index contributed by atoms with van der Waals surface area (Å²) in [6, 6.07) is 9.45. The van der Waals surface area contributed by atoms with E-state index in [1.807, 2.05) is 30.3 Å². The lowest BCUT2D eigenvalue weighted by Crippen LogP contribution is -2.44. The minimum Gasteiger partial charge on any atom is -0.464 e. The normalized spacial score (nSPS) is 12.1. The zero-order valence-corrected chi connectivity index (χ0v) is 8.05. The first-order valence-electron chi connectivity index (χ1n) is 4.42. The Kier molecular flexibility index (Phi) is 3.48. The van der Waals surface area contributed by atoms with Gasteiger partial charge in [0.2, 0.25) is 0 Å². The maximum absolute atomic E-state index is 10.5. The van der Waals surface area contributed by atoms with Gasteiger partial charge in [0.25, 0.3) is 0 Å². The number of amides is 1. The Bertz CT molecular complexity index is 300. The molecule has 4 heteroatoms. The van der Waals surface area contributed by atoms with Crippen LogP contribution in [0.3, 0.4) is 0 Å². The second-order valence-electron chi connectivity index (χ2n) is 3.23. The Hall–Kier alpha value is -1.55. The number of benzene rings is 1. The lowest BCUT2D eigenvalue weighted by Gasteiger charge is -2.20. The average Bonchev–Trinajstić information content (AvgIpc) is 2.18. The van der Waals surface area contributed by atoms with Crippen molar-refractivity contribution in [2.75, 3.05) is 0 Å². The minimum atomic E-state index is -1.10. The number of hydrazine groups is 1. The fourth-order valence-corrected chi connectivity index (χ4v) is 1.24. The van der Waals surface area contributed by atoms with Crippen LogP contribution in [-0.2, 0) is 6.42 Å². The van der Waals surface area contributed by atoms with E-state index >= 15 is 0 Å². The van der Waals surface area contributed by atoms with Gasteiger partial charge in [-0.15, -0.1) is 0 Å². The van der Waals surface area contributed by atoms with Crippen molar-refractivity contribution >= 4 is 6.09 Å². The van der Waals surface area contributed by atoms with Gasteiger partial charge >= 0.3 is 6.09 Å². The summed E-state index contributed by atoms with van der Waals surface area (Å²) in [6.07, 6.45) is -0.475. The van der Waals surface area contributed by atoms with Crippen molar-refractivity contribution in [2.24, 2.45) is 5.84 Å². The summed E-state index contributed by atoms with van der Waals surface area (Å²) in [6.45, 7) is 1.78. The second-order valence-corrected chi connectivity index (χ2v) is 3.23. The van der Waals surface area contributed by atoms with Gasteiger partial charge in [-0.05, 0) is 18.9 Å². The van der Waals surface area contributed by atoms with Crippen molar-refractivity contribution < 1.29 is 9.90 Å². The summed E-state index contributed by atoms with van der Waals surface area (Å²) < 4.78 is 0. The molecule has 1 rings (SSSR count). The fourth-order valence-electron chi connectivity index (χ4n) is 1.24. The highest BCUT2D eigenvalue weighted by Crippen LogP contribution is 2.05. The summed E-state index contributed by atoms with van der Waals surface area (Å²) in [5.41, 5.74) is 1.08. The Balaban J connectivity index is 2.57. The van der Waals surface area contributed by atoms with Crippen LogP contribution in [0, 0.1) is 0 Å². The van der Waals surface area contributed by atoms with E-state index in [0.717, 1.165) is 10.6 Å². The van der Waals surface area contributed by atoms with Crippen molar-refractivity contribution in [3.05, 3.63) is 35.9 Å². The van der Waals surface area contributed by atoms with Gasteiger partial charge in [-0.3, -0.25) is 0 Å². The number of hydrogen-bond donors (Lipinski definition) is 2. The van der Waals surface area contributed by atoms with Crippen LogP contribution in [0.25, 0.3) is 0 Å². The highest BCUT2D eigenvalue weighted by molar-refractivity contribution is 5.64. The number of nitrogens with zero attached hydrogens (tertiary/aromatic N) is 1. The van der Waals surface area contributed by atoms with Crippen LogP contribution in [0.15, 0.2) is 30.3 Å². The molecule has 1 amide bonds. The highest BCUT2D eigenvalue weighted by Gasteiger charge is 2.14. The Morgan fingerprint density at radius 3 is 2.57 bits per heavy atom. The first-order chi connectivity index (χ1) is 6.61. The molecule has 0 fully saturated rings. The van der Waals surface area contributed by atoms with Gasteiger partial charge in [-0.2, -0.15) is 0 Å². The van der Waals surface area contributed by atoms with Crippen molar-refractivity contribution in [3.63, 3.8) is 0 Å². The summed E-state index contributed by atoms with van der Waals surface area (Å²) in [5, 5.41) is 9.46. The van der Waals surface area contributed by atoms with Crippen LogP contribution in [0.2, 0.25) is 0 Å². The fraction of sp³-hybridized carbons (Fsp3) is 0.300. The van der Waals surface area contributed by atoms with Crippen molar-refractivity contribution in [1.82, 2.24) is 5.01 Å².